The van der Waals surface area contributed by atoms with E-state index in [0.29, 0.717) is 41.8 Å². The van der Waals surface area contributed by atoms with E-state index in [9.17, 15) is 4.39 Å². The van der Waals surface area contributed by atoms with Crippen LogP contribution in [0.1, 0.15) is 11.1 Å². The van der Waals surface area contributed by atoms with Crippen LogP contribution in [-0.2, 0) is 6.54 Å². The Bertz CT molecular complexity index is 676. The van der Waals surface area contributed by atoms with Crippen molar-refractivity contribution in [2.45, 2.75) is 13.5 Å². The number of fused-ring (bicyclic) bond motifs is 1. The second kappa shape index (κ2) is 5.82. The Hall–Kier alpha value is -1.94. The number of nitrogens with one attached hydrogen (secondary N) is 1. The van der Waals surface area contributed by atoms with Gasteiger partial charge in [0.2, 0.25) is 0 Å². The minimum Gasteiger partial charge on any atom is -0.486 e. The maximum Gasteiger partial charge on any atom is 0.163 e. The van der Waals surface area contributed by atoms with E-state index in [2.05, 4.69) is 5.32 Å². The predicted octanol–water partition coefficient (Wildman–Crippen LogP) is 4.17. The molecule has 0 amide bonds. The van der Waals surface area contributed by atoms with E-state index in [1.807, 2.05) is 12.1 Å². The molecule has 21 heavy (non-hydrogen) atoms. The van der Waals surface area contributed by atoms with E-state index in [1.165, 1.54) is 6.07 Å². The Morgan fingerprint density at radius 3 is 2.57 bits per heavy atom. The van der Waals surface area contributed by atoms with Crippen LogP contribution >= 0.6 is 11.6 Å². The summed E-state index contributed by atoms with van der Waals surface area (Å²) >= 11 is 6.23. The largest absolute Gasteiger partial charge is 0.486 e. The van der Waals surface area contributed by atoms with Gasteiger partial charge in [-0.05, 0) is 24.1 Å². The Kier molecular flexibility index (Phi) is 3.88. The molecule has 1 aliphatic rings. The molecule has 0 spiro atoms. The number of rotatable bonds is 3. The standard InChI is InChI=1S/C16H15ClFNO2/c1-10-6-11(2-3-13(10)18)9-19-14-8-16-15(7-12(14)17)20-4-5-21-16/h2-3,6-8,19H,4-5,9H2,1H3. The molecule has 1 aliphatic heterocycles. The first-order chi connectivity index (χ1) is 10.1. The van der Waals surface area contributed by atoms with Crippen LogP contribution in [0.5, 0.6) is 11.5 Å². The molecule has 0 fully saturated rings. The van der Waals surface area contributed by atoms with Gasteiger partial charge in [-0.15, -0.1) is 0 Å². The van der Waals surface area contributed by atoms with Gasteiger partial charge in [0.25, 0.3) is 0 Å². The molecule has 0 unspecified atom stereocenters. The highest BCUT2D eigenvalue weighted by Crippen LogP contribution is 2.38. The molecule has 1 heterocycles. The molecule has 0 atom stereocenters. The molecule has 2 aromatic carbocycles. The topological polar surface area (TPSA) is 30.5 Å². The highest BCUT2D eigenvalue weighted by Gasteiger charge is 2.15. The van der Waals surface area contributed by atoms with Crippen molar-refractivity contribution in [2.75, 3.05) is 18.5 Å². The Balaban J connectivity index is 1.77. The van der Waals surface area contributed by atoms with Crippen molar-refractivity contribution in [2.24, 2.45) is 0 Å². The number of aryl methyl sites for hydroxylation is 1. The van der Waals surface area contributed by atoms with E-state index in [-0.39, 0.29) is 5.82 Å². The van der Waals surface area contributed by atoms with Crippen LogP contribution in [0.2, 0.25) is 5.02 Å². The third-order valence-corrected chi connectivity index (χ3v) is 3.65. The van der Waals surface area contributed by atoms with Crippen molar-refractivity contribution in [3.8, 4) is 11.5 Å². The van der Waals surface area contributed by atoms with Gasteiger partial charge in [0.1, 0.15) is 19.0 Å². The van der Waals surface area contributed by atoms with Gasteiger partial charge in [0, 0.05) is 18.7 Å². The van der Waals surface area contributed by atoms with Crippen molar-refractivity contribution >= 4 is 17.3 Å². The first kappa shape index (κ1) is 14.0. The van der Waals surface area contributed by atoms with Crippen LogP contribution in [0, 0.1) is 12.7 Å². The van der Waals surface area contributed by atoms with Crippen LogP contribution in [0.25, 0.3) is 0 Å². The van der Waals surface area contributed by atoms with Crippen LogP contribution in [0.3, 0.4) is 0 Å². The average Bonchev–Trinajstić information content (AvgIpc) is 2.48. The summed E-state index contributed by atoms with van der Waals surface area (Å²) in [5, 5.41) is 3.80. The highest BCUT2D eigenvalue weighted by molar-refractivity contribution is 6.33. The van der Waals surface area contributed by atoms with Gasteiger partial charge in [0.15, 0.2) is 11.5 Å². The molecule has 0 aliphatic carbocycles. The lowest BCUT2D eigenvalue weighted by Gasteiger charge is -2.20. The second-order valence-corrected chi connectivity index (χ2v) is 5.32. The van der Waals surface area contributed by atoms with E-state index in [1.54, 1.807) is 19.1 Å². The zero-order valence-electron chi connectivity index (χ0n) is 11.6. The van der Waals surface area contributed by atoms with E-state index in [4.69, 9.17) is 21.1 Å². The number of hydrogen-bond donors (Lipinski definition) is 1. The van der Waals surface area contributed by atoms with Crippen LogP contribution in [0.4, 0.5) is 10.1 Å². The molecule has 0 saturated heterocycles. The molecule has 0 aromatic heterocycles. The molecule has 3 rings (SSSR count). The van der Waals surface area contributed by atoms with Crippen LogP contribution in [-0.4, -0.2) is 13.2 Å². The summed E-state index contributed by atoms with van der Waals surface area (Å²) in [6.07, 6.45) is 0. The molecule has 3 nitrogen and oxygen atoms in total. The van der Waals surface area contributed by atoms with Gasteiger partial charge in [-0.1, -0.05) is 23.7 Å². The average molecular weight is 308 g/mol. The monoisotopic (exact) mass is 307 g/mol. The molecule has 5 heteroatoms. The Labute approximate surface area is 127 Å². The maximum atomic E-state index is 13.2. The zero-order valence-corrected chi connectivity index (χ0v) is 12.3. The van der Waals surface area contributed by atoms with Crippen molar-refractivity contribution in [3.63, 3.8) is 0 Å². The molecule has 0 radical (unpaired) electrons. The van der Waals surface area contributed by atoms with Gasteiger partial charge in [-0.3, -0.25) is 0 Å². The fourth-order valence-corrected chi connectivity index (χ4v) is 2.43. The van der Waals surface area contributed by atoms with Crippen molar-refractivity contribution in [1.82, 2.24) is 0 Å². The summed E-state index contributed by atoms with van der Waals surface area (Å²) in [6.45, 7) is 3.37. The number of anilines is 1. The zero-order chi connectivity index (χ0) is 14.8. The molecule has 2 aromatic rings. The summed E-state index contributed by atoms with van der Waals surface area (Å²) in [4.78, 5) is 0. The lowest BCUT2D eigenvalue weighted by molar-refractivity contribution is 0.171. The van der Waals surface area contributed by atoms with E-state index in [0.717, 1.165) is 11.3 Å². The SMILES string of the molecule is Cc1cc(CNc2cc3c(cc2Cl)OCCO3)ccc1F. The summed E-state index contributed by atoms with van der Waals surface area (Å²) in [5.74, 6) is 1.15. The quantitative estimate of drug-likeness (QED) is 0.923. The Morgan fingerprint density at radius 2 is 1.86 bits per heavy atom. The molecular formula is C16H15ClFNO2. The highest BCUT2D eigenvalue weighted by atomic mass is 35.5. The summed E-state index contributed by atoms with van der Waals surface area (Å²) in [7, 11) is 0. The van der Waals surface area contributed by atoms with Crippen molar-refractivity contribution in [1.29, 1.82) is 0 Å². The minimum absolute atomic E-state index is 0.198. The van der Waals surface area contributed by atoms with Gasteiger partial charge < -0.3 is 14.8 Å². The molecule has 1 N–H and O–H groups in total. The van der Waals surface area contributed by atoms with Gasteiger partial charge in [-0.2, -0.15) is 0 Å². The third kappa shape index (κ3) is 3.05. The second-order valence-electron chi connectivity index (χ2n) is 4.91. The maximum absolute atomic E-state index is 13.2. The minimum atomic E-state index is -0.198. The summed E-state index contributed by atoms with van der Waals surface area (Å²) < 4.78 is 24.2. The predicted molar refractivity (Wildman–Crippen MR) is 80.9 cm³/mol. The van der Waals surface area contributed by atoms with Gasteiger partial charge in [0.05, 0.1) is 10.7 Å². The summed E-state index contributed by atoms with van der Waals surface area (Å²) in [6, 6.07) is 8.61. The summed E-state index contributed by atoms with van der Waals surface area (Å²) in [5.41, 5.74) is 2.38. The van der Waals surface area contributed by atoms with Crippen molar-refractivity contribution in [3.05, 3.63) is 52.3 Å². The molecule has 0 bridgehead atoms. The number of benzene rings is 2. The number of ether oxygens (including phenoxy) is 2. The molecule has 0 saturated carbocycles. The third-order valence-electron chi connectivity index (χ3n) is 3.34. The van der Waals surface area contributed by atoms with Gasteiger partial charge >= 0.3 is 0 Å². The van der Waals surface area contributed by atoms with Crippen molar-refractivity contribution < 1.29 is 13.9 Å². The number of halogens is 2. The fraction of sp³-hybridized carbons (Fsp3) is 0.250. The fourth-order valence-electron chi connectivity index (χ4n) is 2.21. The van der Waals surface area contributed by atoms with Gasteiger partial charge in [-0.25, -0.2) is 4.39 Å². The Morgan fingerprint density at radius 1 is 1.14 bits per heavy atom. The van der Waals surface area contributed by atoms with E-state index >= 15 is 0 Å². The lowest BCUT2D eigenvalue weighted by Crippen LogP contribution is -2.15. The smallest absolute Gasteiger partial charge is 0.163 e. The lowest BCUT2D eigenvalue weighted by atomic mass is 10.1. The van der Waals surface area contributed by atoms with Crippen LogP contribution < -0.4 is 14.8 Å². The molecule has 110 valence electrons. The normalized spacial score (nSPS) is 13.1. The first-order valence-corrected chi connectivity index (χ1v) is 7.09. The molecular weight excluding hydrogens is 293 g/mol. The number of hydrogen-bond acceptors (Lipinski definition) is 3. The first-order valence-electron chi connectivity index (χ1n) is 6.71. The van der Waals surface area contributed by atoms with Crippen LogP contribution in [0.15, 0.2) is 30.3 Å². The van der Waals surface area contributed by atoms with E-state index < -0.39 is 0 Å².